The van der Waals surface area contributed by atoms with Gasteiger partial charge in [0.15, 0.2) is 6.61 Å². The highest BCUT2D eigenvalue weighted by molar-refractivity contribution is 5.85. The molecule has 124 valence electrons. The van der Waals surface area contributed by atoms with Crippen molar-refractivity contribution in [1.82, 2.24) is 5.32 Å². The van der Waals surface area contributed by atoms with Crippen LogP contribution >= 0.6 is 12.4 Å². The van der Waals surface area contributed by atoms with Crippen molar-refractivity contribution in [3.05, 3.63) is 24.3 Å². The first-order valence-electron chi connectivity index (χ1n) is 7.49. The lowest BCUT2D eigenvalue weighted by molar-refractivity contribution is -0.124. The van der Waals surface area contributed by atoms with Gasteiger partial charge in [-0.25, -0.2) is 0 Å². The topological polar surface area (TPSA) is 73.6 Å². The maximum Gasteiger partial charge on any atom is 0.258 e. The molecule has 2 atom stereocenters. The van der Waals surface area contributed by atoms with Gasteiger partial charge in [0.2, 0.25) is 0 Å². The van der Waals surface area contributed by atoms with Crippen molar-refractivity contribution >= 4 is 18.3 Å². The maximum atomic E-state index is 12.0. The van der Waals surface area contributed by atoms with Gasteiger partial charge in [0.05, 0.1) is 7.11 Å². The fourth-order valence-electron chi connectivity index (χ4n) is 2.77. The van der Waals surface area contributed by atoms with E-state index < -0.39 is 0 Å². The lowest BCUT2D eigenvalue weighted by Gasteiger charge is -2.31. The van der Waals surface area contributed by atoms with Crippen molar-refractivity contribution in [2.75, 3.05) is 20.3 Å². The normalized spacial score (nSPS) is 20.6. The Labute approximate surface area is 138 Å². The minimum absolute atomic E-state index is 0. The Hall–Kier alpha value is -1.46. The van der Waals surface area contributed by atoms with Gasteiger partial charge in [0, 0.05) is 12.1 Å². The summed E-state index contributed by atoms with van der Waals surface area (Å²) in [5.74, 6) is 1.63. The molecule has 1 aromatic carbocycles. The summed E-state index contributed by atoms with van der Waals surface area (Å²) in [6.07, 6.45) is 4.46. The van der Waals surface area contributed by atoms with E-state index in [1.165, 1.54) is 6.42 Å². The lowest BCUT2D eigenvalue weighted by atomic mass is 9.84. The summed E-state index contributed by atoms with van der Waals surface area (Å²) in [7, 11) is 1.60. The third-order valence-electron chi connectivity index (χ3n) is 3.97. The Morgan fingerprint density at radius 1 is 1.32 bits per heavy atom. The van der Waals surface area contributed by atoms with Crippen molar-refractivity contribution in [2.24, 2.45) is 11.7 Å². The number of ether oxygens (including phenoxy) is 2. The van der Waals surface area contributed by atoms with Crippen LogP contribution in [0.2, 0.25) is 0 Å². The smallest absolute Gasteiger partial charge is 0.258 e. The Bertz CT molecular complexity index is 470. The first kappa shape index (κ1) is 18.6. The van der Waals surface area contributed by atoms with E-state index in [2.05, 4.69) is 5.32 Å². The SMILES string of the molecule is COc1cccc(OCC(=O)NC2CCCCC2CN)c1.Cl. The van der Waals surface area contributed by atoms with Gasteiger partial charge in [-0.3, -0.25) is 4.79 Å². The second kappa shape index (κ2) is 9.54. The average molecular weight is 329 g/mol. The molecule has 1 amide bonds. The van der Waals surface area contributed by atoms with Crippen LogP contribution in [0.15, 0.2) is 24.3 Å². The van der Waals surface area contributed by atoms with Gasteiger partial charge in [0.25, 0.3) is 5.91 Å². The molecule has 0 heterocycles. The third kappa shape index (κ3) is 5.39. The number of carbonyl (C=O) groups is 1. The molecule has 0 saturated heterocycles. The fourth-order valence-corrected chi connectivity index (χ4v) is 2.77. The minimum atomic E-state index is -0.0943. The first-order valence-corrected chi connectivity index (χ1v) is 7.49. The number of rotatable bonds is 6. The van der Waals surface area contributed by atoms with Gasteiger partial charge in [0.1, 0.15) is 11.5 Å². The second-order valence-electron chi connectivity index (χ2n) is 5.42. The standard InChI is InChI=1S/C16H24N2O3.ClH/c1-20-13-6-4-7-14(9-13)21-11-16(19)18-15-8-3-2-5-12(15)10-17;/h4,6-7,9,12,15H,2-3,5,8,10-11,17H2,1H3,(H,18,19);1H. The molecule has 2 rings (SSSR count). The van der Waals surface area contributed by atoms with E-state index in [-0.39, 0.29) is 31.0 Å². The van der Waals surface area contributed by atoms with Crippen LogP contribution < -0.4 is 20.5 Å². The van der Waals surface area contributed by atoms with E-state index in [1.54, 1.807) is 19.2 Å². The molecule has 22 heavy (non-hydrogen) atoms. The zero-order valence-corrected chi connectivity index (χ0v) is 13.7. The highest BCUT2D eigenvalue weighted by atomic mass is 35.5. The van der Waals surface area contributed by atoms with E-state index in [4.69, 9.17) is 15.2 Å². The van der Waals surface area contributed by atoms with Crippen LogP contribution in [0.1, 0.15) is 25.7 Å². The van der Waals surface area contributed by atoms with Crippen LogP contribution in [0.25, 0.3) is 0 Å². The number of hydrogen-bond acceptors (Lipinski definition) is 4. The van der Waals surface area contributed by atoms with Crippen LogP contribution in [0, 0.1) is 5.92 Å². The van der Waals surface area contributed by atoms with E-state index in [9.17, 15) is 4.79 Å². The molecule has 1 aromatic rings. The number of amides is 1. The van der Waals surface area contributed by atoms with Crippen LogP contribution in [-0.4, -0.2) is 32.2 Å². The lowest BCUT2D eigenvalue weighted by Crippen LogP contribution is -2.46. The number of carbonyl (C=O) groups excluding carboxylic acids is 1. The van der Waals surface area contributed by atoms with Crippen LogP contribution in [0.5, 0.6) is 11.5 Å². The summed E-state index contributed by atoms with van der Waals surface area (Å²) in [5.41, 5.74) is 5.77. The highest BCUT2D eigenvalue weighted by Crippen LogP contribution is 2.23. The average Bonchev–Trinajstić information content (AvgIpc) is 2.53. The van der Waals surface area contributed by atoms with Gasteiger partial charge in [-0.1, -0.05) is 18.9 Å². The Morgan fingerprint density at radius 3 is 2.77 bits per heavy atom. The quantitative estimate of drug-likeness (QED) is 0.839. The first-order chi connectivity index (χ1) is 10.2. The van der Waals surface area contributed by atoms with E-state index >= 15 is 0 Å². The Morgan fingerprint density at radius 2 is 2.05 bits per heavy atom. The van der Waals surface area contributed by atoms with Crippen LogP contribution in [-0.2, 0) is 4.79 Å². The molecule has 1 saturated carbocycles. The van der Waals surface area contributed by atoms with Crippen molar-refractivity contribution < 1.29 is 14.3 Å². The number of methoxy groups -OCH3 is 1. The fraction of sp³-hybridized carbons (Fsp3) is 0.562. The molecule has 0 radical (unpaired) electrons. The molecule has 1 aliphatic carbocycles. The third-order valence-corrected chi connectivity index (χ3v) is 3.97. The van der Waals surface area contributed by atoms with Crippen molar-refractivity contribution in [3.63, 3.8) is 0 Å². The number of hydrogen-bond donors (Lipinski definition) is 2. The summed E-state index contributed by atoms with van der Waals surface area (Å²) in [6.45, 7) is 0.642. The summed E-state index contributed by atoms with van der Waals surface area (Å²) in [5, 5.41) is 3.04. The molecule has 0 aliphatic heterocycles. The molecule has 6 heteroatoms. The molecule has 0 spiro atoms. The monoisotopic (exact) mass is 328 g/mol. The Balaban J connectivity index is 0.00000242. The largest absolute Gasteiger partial charge is 0.497 e. The van der Waals surface area contributed by atoms with E-state index in [0.717, 1.165) is 19.3 Å². The van der Waals surface area contributed by atoms with Crippen LogP contribution in [0.4, 0.5) is 0 Å². The summed E-state index contributed by atoms with van der Waals surface area (Å²) in [4.78, 5) is 12.0. The molecule has 1 aliphatic rings. The van der Waals surface area contributed by atoms with Gasteiger partial charge in [-0.05, 0) is 37.4 Å². The molecule has 3 N–H and O–H groups in total. The van der Waals surface area contributed by atoms with Crippen molar-refractivity contribution in [2.45, 2.75) is 31.7 Å². The molecule has 1 fully saturated rings. The molecular formula is C16H25ClN2O3. The van der Waals surface area contributed by atoms with Crippen LogP contribution in [0.3, 0.4) is 0 Å². The predicted molar refractivity (Wildman–Crippen MR) is 88.7 cm³/mol. The minimum Gasteiger partial charge on any atom is -0.497 e. The second-order valence-corrected chi connectivity index (χ2v) is 5.42. The predicted octanol–water partition coefficient (Wildman–Crippen LogP) is 2.13. The van der Waals surface area contributed by atoms with Crippen molar-refractivity contribution in [3.8, 4) is 11.5 Å². The number of benzene rings is 1. The zero-order chi connectivity index (χ0) is 15.1. The van der Waals surface area contributed by atoms with E-state index in [1.807, 2.05) is 12.1 Å². The highest BCUT2D eigenvalue weighted by Gasteiger charge is 2.25. The summed E-state index contributed by atoms with van der Waals surface area (Å²) >= 11 is 0. The van der Waals surface area contributed by atoms with Gasteiger partial charge >= 0.3 is 0 Å². The summed E-state index contributed by atoms with van der Waals surface area (Å²) < 4.78 is 10.6. The van der Waals surface area contributed by atoms with Crippen molar-refractivity contribution in [1.29, 1.82) is 0 Å². The Kier molecular flexibility index (Phi) is 8.06. The van der Waals surface area contributed by atoms with Gasteiger partial charge < -0.3 is 20.5 Å². The molecule has 0 bridgehead atoms. The van der Waals surface area contributed by atoms with E-state index in [0.29, 0.717) is 24.0 Å². The maximum absolute atomic E-state index is 12.0. The van der Waals surface area contributed by atoms with Gasteiger partial charge in [-0.2, -0.15) is 0 Å². The molecule has 0 aromatic heterocycles. The summed E-state index contributed by atoms with van der Waals surface area (Å²) in [6, 6.07) is 7.42. The molecule has 2 unspecified atom stereocenters. The molecular weight excluding hydrogens is 304 g/mol. The molecule has 5 nitrogen and oxygen atoms in total. The van der Waals surface area contributed by atoms with Gasteiger partial charge in [-0.15, -0.1) is 12.4 Å². The number of nitrogens with one attached hydrogen (secondary N) is 1. The number of nitrogens with two attached hydrogens (primary N) is 1. The number of halogens is 1. The zero-order valence-electron chi connectivity index (χ0n) is 12.9.